The van der Waals surface area contributed by atoms with E-state index in [2.05, 4.69) is 21.7 Å². The van der Waals surface area contributed by atoms with Gasteiger partial charge in [-0.25, -0.2) is 9.78 Å². The molecule has 0 aliphatic heterocycles. The van der Waals surface area contributed by atoms with Crippen LogP contribution in [0.15, 0.2) is 36.2 Å². The van der Waals surface area contributed by atoms with Gasteiger partial charge in [-0.15, -0.1) is 11.3 Å². The predicted molar refractivity (Wildman–Crippen MR) is 76.2 cm³/mol. The van der Waals surface area contributed by atoms with Crippen molar-refractivity contribution >= 4 is 17.4 Å². The lowest BCUT2D eigenvalue weighted by Gasteiger charge is -2.14. The number of nitrogens with zero attached hydrogens (tertiary/aromatic N) is 2. The zero-order valence-electron chi connectivity index (χ0n) is 10.9. The molecule has 0 bridgehead atoms. The number of rotatable bonds is 6. The van der Waals surface area contributed by atoms with E-state index < -0.39 is 0 Å². The lowest BCUT2D eigenvalue weighted by atomic mass is 10.3. The molecule has 0 saturated carbocycles. The van der Waals surface area contributed by atoms with E-state index in [0.29, 0.717) is 6.54 Å². The first-order valence-electron chi connectivity index (χ1n) is 6.26. The van der Waals surface area contributed by atoms with E-state index in [4.69, 9.17) is 0 Å². The van der Waals surface area contributed by atoms with Gasteiger partial charge < -0.3 is 15.2 Å². The number of imidazole rings is 1. The van der Waals surface area contributed by atoms with Crippen LogP contribution in [0.25, 0.3) is 0 Å². The summed E-state index contributed by atoms with van der Waals surface area (Å²) in [6.45, 7) is 3.35. The second kappa shape index (κ2) is 6.94. The summed E-state index contributed by atoms with van der Waals surface area (Å²) in [6.07, 6.45) is 6.23. The van der Waals surface area contributed by atoms with Gasteiger partial charge in [0, 0.05) is 36.4 Å². The molecule has 5 nitrogen and oxygen atoms in total. The second-order valence-electron chi connectivity index (χ2n) is 4.39. The molecule has 2 amide bonds. The van der Waals surface area contributed by atoms with Crippen molar-refractivity contribution in [3.05, 3.63) is 41.1 Å². The number of thiophene rings is 1. The first-order valence-corrected chi connectivity index (χ1v) is 7.14. The molecule has 0 spiro atoms. The van der Waals surface area contributed by atoms with E-state index in [1.807, 2.05) is 29.1 Å². The average Bonchev–Trinajstić information content (AvgIpc) is 3.01. The summed E-state index contributed by atoms with van der Waals surface area (Å²) in [4.78, 5) is 16.9. The zero-order chi connectivity index (χ0) is 13.5. The smallest absolute Gasteiger partial charge is 0.315 e. The molecule has 0 saturated heterocycles. The summed E-state index contributed by atoms with van der Waals surface area (Å²) in [5, 5.41) is 7.81. The second-order valence-corrected chi connectivity index (χ2v) is 5.42. The van der Waals surface area contributed by atoms with E-state index in [-0.39, 0.29) is 12.1 Å². The Morgan fingerprint density at radius 1 is 1.58 bits per heavy atom. The molecule has 2 aromatic heterocycles. The third kappa shape index (κ3) is 4.75. The van der Waals surface area contributed by atoms with Crippen molar-refractivity contribution in [2.75, 3.05) is 6.54 Å². The number of amides is 2. The number of urea groups is 1. The number of carbonyl (C=O) groups excluding carboxylic acids is 1. The monoisotopic (exact) mass is 278 g/mol. The molecule has 0 aliphatic carbocycles. The molecule has 1 atom stereocenters. The highest BCUT2D eigenvalue weighted by atomic mass is 32.1. The van der Waals surface area contributed by atoms with Crippen molar-refractivity contribution in [2.45, 2.75) is 25.9 Å². The summed E-state index contributed by atoms with van der Waals surface area (Å²) in [7, 11) is 0. The van der Waals surface area contributed by atoms with Gasteiger partial charge in [0.1, 0.15) is 0 Å². The fourth-order valence-corrected chi connectivity index (χ4v) is 2.49. The molecular formula is C13H18N4OS. The number of hydrogen-bond donors (Lipinski definition) is 2. The maximum absolute atomic E-state index is 11.7. The highest BCUT2D eigenvalue weighted by Crippen LogP contribution is 2.07. The van der Waals surface area contributed by atoms with Gasteiger partial charge >= 0.3 is 6.03 Å². The average molecular weight is 278 g/mol. The van der Waals surface area contributed by atoms with Crippen molar-refractivity contribution in [3.8, 4) is 0 Å². The Balaban J connectivity index is 1.63. The van der Waals surface area contributed by atoms with Crippen molar-refractivity contribution in [2.24, 2.45) is 0 Å². The molecule has 2 aromatic rings. The quantitative estimate of drug-likeness (QED) is 0.847. The molecule has 0 radical (unpaired) electrons. The van der Waals surface area contributed by atoms with Crippen LogP contribution in [0, 0.1) is 0 Å². The van der Waals surface area contributed by atoms with E-state index >= 15 is 0 Å². The van der Waals surface area contributed by atoms with Gasteiger partial charge in [-0.1, -0.05) is 6.07 Å². The number of hydrogen-bond acceptors (Lipinski definition) is 3. The lowest BCUT2D eigenvalue weighted by molar-refractivity contribution is 0.236. The molecule has 2 rings (SSSR count). The fourth-order valence-electron chi connectivity index (χ4n) is 1.79. The molecule has 0 unspecified atom stereocenters. The van der Waals surface area contributed by atoms with Crippen LogP contribution in [0.5, 0.6) is 0 Å². The maximum Gasteiger partial charge on any atom is 0.315 e. The minimum Gasteiger partial charge on any atom is -0.338 e. The molecule has 102 valence electrons. The topological polar surface area (TPSA) is 59.0 Å². The summed E-state index contributed by atoms with van der Waals surface area (Å²) >= 11 is 1.71. The minimum atomic E-state index is -0.121. The lowest BCUT2D eigenvalue weighted by Crippen LogP contribution is -2.43. The Morgan fingerprint density at radius 2 is 2.47 bits per heavy atom. The number of nitrogens with one attached hydrogen (secondary N) is 2. The highest BCUT2D eigenvalue weighted by Gasteiger charge is 2.07. The summed E-state index contributed by atoms with van der Waals surface area (Å²) in [6, 6.07) is 4.04. The van der Waals surface area contributed by atoms with E-state index in [0.717, 1.165) is 13.0 Å². The largest absolute Gasteiger partial charge is 0.338 e. The van der Waals surface area contributed by atoms with Gasteiger partial charge in [0.05, 0.1) is 6.33 Å². The predicted octanol–water partition coefficient (Wildman–Crippen LogP) is 1.87. The van der Waals surface area contributed by atoms with Gasteiger partial charge in [-0.2, -0.15) is 0 Å². The van der Waals surface area contributed by atoms with E-state index in [9.17, 15) is 4.79 Å². The Bertz CT molecular complexity index is 481. The molecule has 6 heteroatoms. The number of aromatic nitrogens is 2. The van der Waals surface area contributed by atoms with E-state index in [1.54, 1.807) is 23.9 Å². The molecule has 0 fully saturated rings. The number of carbonyl (C=O) groups is 1. The Hall–Kier alpha value is -1.82. The minimum absolute atomic E-state index is 0.0657. The fraction of sp³-hybridized carbons (Fsp3) is 0.385. The van der Waals surface area contributed by atoms with Crippen LogP contribution in [0.4, 0.5) is 4.79 Å². The van der Waals surface area contributed by atoms with Crippen LogP contribution in [0.3, 0.4) is 0 Å². The maximum atomic E-state index is 11.7. The normalized spacial score (nSPS) is 12.1. The zero-order valence-corrected chi connectivity index (χ0v) is 11.7. The van der Waals surface area contributed by atoms with Crippen LogP contribution in [0.2, 0.25) is 0 Å². The van der Waals surface area contributed by atoms with E-state index in [1.165, 1.54) is 4.88 Å². The molecule has 0 aromatic carbocycles. The van der Waals surface area contributed by atoms with Gasteiger partial charge in [0.15, 0.2) is 0 Å². The van der Waals surface area contributed by atoms with Crippen molar-refractivity contribution in [1.82, 2.24) is 20.2 Å². The van der Waals surface area contributed by atoms with Gasteiger partial charge in [0.2, 0.25) is 0 Å². The van der Waals surface area contributed by atoms with Gasteiger partial charge in [0.25, 0.3) is 0 Å². The highest BCUT2D eigenvalue weighted by molar-refractivity contribution is 7.09. The third-order valence-corrected chi connectivity index (χ3v) is 3.59. The molecule has 19 heavy (non-hydrogen) atoms. The molecule has 0 aliphatic rings. The van der Waals surface area contributed by atoms with Crippen LogP contribution >= 0.6 is 11.3 Å². The molecular weight excluding hydrogens is 260 g/mol. The summed E-state index contributed by atoms with van der Waals surface area (Å²) < 4.78 is 1.94. The SMILES string of the molecule is C[C@H](Cn1ccnc1)NC(=O)NCCc1cccs1. The Morgan fingerprint density at radius 3 is 3.16 bits per heavy atom. The third-order valence-electron chi connectivity index (χ3n) is 2.66. The van der Waals surface area contributed by atoms with Crippen LogP contribution in [-0.4, -0.2) is 28.2 Å². The standard InChI is InChI=1S/C13H18N4OS/c1-11(9-17-7-6-14-10-17)16-13(18)15-5-4-12-3-2-8-19-12/h2-3,6-8,10-11H,4-5,9H2,1H3,(H2,15,16,18)/t11-/m1/s1. The first-order chi connectivity index (χ1) is 9.24. The molecule has 2 N–H and O–H groups in total. The summed E-state index contributed by atoms with van der Waals surface area (Å²) in [5.74, 6) is 0. The van der Waals surface area contributed by atoms with Crippen LogP contribution in [-0.2, 0) is 13.0 Å². The Labute approximate surface area is 116 Å². The summed E-state index contributed by atoms with van der Waals surface area (Å²) in [5.41, 5.74) is 0. The van der Waals surface area contributed by atoms with Gasteiger partial charge in [-0.05, 0) is 24.8 Å². The molecule has 2 heterocycles. The Kier molecular flexibility index (Phi) is 4.97. The first kappa shape index (κ1) is 13.6. The van der Waals surface area contributed by atoms with Crippen LogP contribution in [0.1, 0.15) is 11.8 Å². The van der Waals surface area contributed by atoms with Crippen LogP contribution < -0.4 is 10.6 Å². The van der Waals surface area contributed by atoms with Crippen molar-refractivity contribution in [3.63, 3.8) is 0 Å². The van der Waals surface area contributed by atoms with Crippen molar-refractivity contribution < 1.29 is 4.79 Å². The van der Waals surface area contributed by atoms with Gasteiger partial charge in [-0.3, -0.25) is 0 Å². The van der Waals surface area contributed by atoms with Crippen molar-refractivity contribution in [1.29, 1.82) is 0 Å².